The molecule has 2 aromatic rings. The number of sulfonamides is 1. The maximum Gasteiger partial charge on any atom is 0.241 e. The molecule has 0 saturated heterocycles. The molecule has 0 saturated carbocycles. The lowest BCUT2D eigenvalue weighted by Gasteiger charge is -2.24. The zero-order valence-corrected chi connectivity index (χ0v) is 17.2. The van der Waals surface area contributed by atoms with Crippen LogP contribution in [-0.2, 0) is 14.8 Å². The average Bonchev–Trinajstić information content (AvgIpc) is 2.54. The second kappa shape index (κ2) is 8.27. The Labute approximate surface area is 164 Å². The minimum Gasteiger partial charge on any atom is -0.348 e. The van der Waals surface area contributed by atoms with E-state index in [2.05, 4.69) is 5.32 Å². The SMILES string of the molecule is Cc1ccc(C(C)NC(=O)CN(c2ccc(F)c(Cl)c2)S(C)(=O)=O)c(C)c1. The molecule has 2 rings (SSSR count). The van der Waals surface area contributed by atoms with Crippen molar-refractivity contribution >= 4 is 33.2 Å². The molecule has 0 bridgehead atoms. The molecule has 27 heavy (non-hydrogen) atoms. The average molecular weight is 413 g/mol. The monoisotopic (exact) mass is 412 g/mol. The maximum absolute atomic E-state index is 13.4. The molecule has 1 atom stereocenters. The van der Waals surface area contributed by atoms with Gasteiger partial charge in [-0.2, -0.15) is 0 Å². The van der Waals surface area contributed by atoms with Gasteiger partial charge >= 0.3 is 0 Å². The molecule has 0 radical (unpaired) electrons. The van der Waals surface area contributed by atoms with Crippen molar-refractivity contribution in [2.24, 2.45) is 0 Å². The molecule has 0 aliphatic heterocycles. The Morgan fingerprint density at radius 3 is 2.44 bits per heavy atom. The quantitative estimate of drug-likeness (QED) is 0.785. The van der Waals surface area contributed by atoms with Gasteiger partial charge in [-0.1, -0.05) is 35.4 Å². The normalized spacial score (nSPS) is 12.5. The molecule has 8 heteroatoms. The Morgan fingerprint density at radius 2 is 1.89 bits per heavy atom. The van der Waals surface area contributed by atoms with Crippen molar-refractivity contribution in [3.8, 4) is 0 Å². The summed E-state index contributed by atoms with van der Waals surface area (Å²) in [6.45, 7) is 5.33. The first-order chi connectivity index (χ1) is 12.5. The van der Waals surface area contributed by atoms with Crippen LogP contribution in [0.1, 0.15) is 29.7 Å². The predicted molar refractivity (Wildman–Crippen MR) is 106 cm³/mol. The van der Waals surface area contributed by atoms with Crippen molar-refractivity contribution in [2.75, 3.05) is 17.1 Å². The molecule has 1 unspecified atom stereocenters. The molecule has 0 spiro atoms. The number of anilines is 1. The Hall–Kier alpha value is -2.12. The number of amides is 1. The fourth-order valence-corrected chi connectivity index (χ4v) is 3.87. The molecular formula is C19H22ClFN2O3S. The van der Waals surface area contributed by atoms with E-state index in [-0.39, 0.29) is 16.8 Å². The first-order valence-electron chi connectivity index (χ1n) is 8.28. The van der Waals surface area contributed by atoms with Gasteiger partial charge in [0, 0.05) is 0 Å². The number of carbonyl (C=O) groups is 1. The van der Waals surface area contributed by atoms with E-state index in [4.69, 9.17) is 11.6 Å². The summed E-state index contributed by atoms with van der Waals surface area (Å²) in [5.74, 6) is -1.14. The van der Waals surface area contributed by atoms with E-state index in [0.717, 1.165) is 33.3 Å². The minimum atomic E-state index is -3.77. The summed E-state index contributed by atoms with van der Waals surface area (Å²) in [5, 5.41) is 2.59. The van der Waals surface area contributed by atoms with E-state index < -0.39 is 28.3 Å². The molecular weight excluding hydrogens is 391 g/mol. The van der Waals surface area contributed by atoms with Gasteiger partial charge in [0.25, 0.3) is 0 Å². The highest BCUT2D eigenvalue weighted by atomic mass is 35.5. The molecule has 2 aromatic carbocycles. The summed E-state index contributed by atoms with van der Waals surface area (Å²) in [5.41, 5.74) is 3.22. The van der Waals surface area contributed by atoms with Crippen LogP contribution in [0.25, 0.3) is 0 Å². The number of rotatable bonds is 6. The van der Waals surface area contributed by atoms with Gasteiger partial charge in [-0.3, -0.25) is 9.10 Å². The number of nitrogens with one attached hydrogen (secondary N) is 1. The number of carbonyl (C=O) groups excluding carboxylic acids is 1. The number of aryl methyl sites for hydroxylation is 2. The van der Waals surface area contributed by atoms with Crippen LogP contribution >= 0.6 is 11.6 Å². The molecule has 1 amide bonds. The molecule has 0 heterocycles. The van der Waals surface area contributed by atoms with Gasteiger partial charge in [-0.05, 0) is 50.1 Å². The fraction of sp³-hybridized carbons (Fsp3) is 0.316. The summed E-state index contributed by atoms with van der Waals surface area (Å²) in [4.78, 5) is 12.5. The van der Waals surface area contributed by atoms with Crippen LogP contribution in [0.4, 0.5) is 10.1 Å². The fourth-order valence-electron chi connectivity index (χ4n) is 2.85. The summed E-state index contributed by atoms with van der Waals surface area (Å²) >= 11 is 5.74. The Kier molecular flexibility index (Phi) is 6.49. The van der Waals surface area contributed by atoms with Gasteiger partial charge in [0.2, 0.25) is 15.9 Å². The van der Waals surface area contributed by atoms with Gasteiger partial charge in [-0.25, -0.2) is 12.8 Å². The Bertz CT molecular complexity index is 963. The van der Waals surface area contributed by atoms with Crippen molar-refractivity contribution in [3.05, 3.63) is 63.9 Å². The van der Waals surface area contributed by atoms with Crippen molar-refractivity contribution in [2.45, 2.75) is 26.8 Å². The highest BCUT2D eigenvalue weighted by Crippen LogP contribution is 2.24. The summed E-state index contributed by atoms with van der Waals surface area (Å²) in [6.07, 6.45) is 0.977. The Balaban J connectivity index is 2.20. The van der Waals surface area contributed by atoms with Crippen molar-refractivity contribution in [1.82, 2.24) is 5.32 Å². The van der Waals surface area contributed by atoms with Gasteiger partial charge in [-0.15, -0.1) is 0 Å². The second-order valence-electron chi connectivity index (χ2n) is 6.52. The first-order valence-corrected chi connectivity index (χ1v) is 10.5. The number of hydrogen-bond acceptors (Lipinski definition) is 3. The molecule has 146 valence electrons. The van der Waals surface area contributed by atoms with Crippen LogP contribution in [0.15, 0.2) is 36.4 Å². The zero-order chi connectivity index (χ0) is 20.4. The van der Waals surface area contributed by atoms with Crippen molar-refractivity contribution in [1.29, 1.82) is 0 Å². The lowest BCUT2D eigenvalue weighted by atomic mass is 10.0. The van der Waals surface area contributed by atoms with Crippen LogP contribution < -0.4 is 9.62 Å². The minimum absolute atomic E-state index is 0.123. The van der Waals surface area contributed by atoms with Crippen molar-refractivity contribution < 1.29 is 17.6 Å². The third kappa shape index (κ3) is 5.43. The largest absolute Gasteiger partial charge is 0.348 e. The van der Waals surface area contributed by atoms with Gasteiger partial charge in [0.15, 0.2) is 0 Å². The second-order valence-corrected chi connectivity index (χ2v) is 8.83. The summed E-state index contributed by atoms with van der Waals surface area (Å²) < 4.78 is 38.5. The number of benzene rings is 2. The Morgan fingerprint density at radius 1 is 1.22 bits per heavy atom. The van der Waals surface area contributed by atoms with E-state index >= 15 is 0 Å². The summed E-state index contributed by atoms with van der Waals surface area (Å²) in [6, 6.07) is 9.11. The molecule has 0 fully saturated rings. The predicted octanol–water partition coefficient (Wildman–Crippen LogP) is 3.74. The molecule has 0 aromatic heterocycles. The summed E-state index contributed by atoms with van der Waals surface area (Å²) in [7, 11) is -3.77. The molecule has 1 N–H and O–H groups in total. The third-order valence-electron chi connectivity index (χ3n) is 4.15. The number of hydrogen-bond donors (Lipinski definition) is 1. The van der Waals surface area contributed by atoms with E-state index in [9.17, 15) is 17.6 Å². The van der Waals surface area contributed by atoms with E-state index in [1.165, 1.54) is 12.1 Å². The van der Waals surface area contributed by atoms with E-state index in [0.29, 0.717) is 0 Å². The van der Waals surface area contributed by atoms with Crippen LogP contribution in [0, 0.1) is 19.7 Å². The van der Waals surface area contributed by atoms with Gasteiger partial charge in [0.1, 0.15) is 12.4 Å². The zero-order valence-electron chi connectivity index (χ0n) is 15.6. The van der Waals surface area contributed by atoms with Crippen LogP contribution in [0.3, 0.4) is 0 Å². The number of nitrogens with zero attached hydrogens (tertiary/aromatic N) is 1. The highest BCUT2D eigenvalue weighted by molar-refractivity contribution is 7.92. The van der Waals surface area contributed by atoms with Gasteiger partial charge in [0.05, 0.1) is 23.0 Å². The van der Waals surface area contributed by atoms with Crippen LogP contribution in [0.5, 0.6) is 0 Å². The van der Waals surface area contributed by atoms with E-state index in [1.54, 1.807) is 0 Å². The van der Waals surface area contributed by atoms with Crippen LogP contribution in [0.2, 0.25) is 5.02 Å². The maximum atomic E-state index is 13.4. The highest BCUT2D eigenvalue weighted by Gasteiger charge is 2.23. The third-order valence-corrected chi connectivity index (χ3v) is 5.58. The van der Waals surface area contributed by atoms with E-state index in [1.807, 2.05) is 39.0 Å². The molecule has 0 aliphatic rings. The topological polar surface area (TPSA) is 66.5 Å². The number of halogens is 2. The smallest absolute Gasteiger partial charge is 0.241 e. The van der Waals surface area contributed by atoms with Gasteiger partial charge < -0.3 is 5.32 Å². The first kappa shape index (κ1) is 21.2. The molecule has 0 aliphatic carbocycles. The lowest BCUT2D eigenvalue weighted by molar-refractivity contribution is -0.120. The lowest BCUT2D eigenvalue weighted by Crippen LogP contribution is -2.41. The standard InChI is InChI=1S/C19H22ClFN2O3S/c1-12-5-7-16(13(2)9-12)14(3)22-19(24)11-23(27(4,25)26)15-6-8-18(21)17(20)10-15/h5-10,14H,11H2,1-4H3,(H,22,24). The van der Waals surface area contributed by atoms with Crippen molar-refractivity contribution in [3.63, 3.8) is 0 Å². The van der Waals surface area contributed by atoms with Crippen LogP contribution in [-0.4, -0.2) is 27.1 Å². The molecule has 5 nitrogen and oxygen atoms in total.